The second kappa shape index (κ2) is 6.35. The quantitative estimate of drug-likeness (QED) is 0.793. The Bertz CT molecular complexity index is 660. The first-order valence-electron chi connectivity index (χ1n) is 10.6. The Morgan fingerprint density at radius 1 is 1.11 bits per heavy atom. The summed E-state index contributed by atoms with van der Waals surface area (Å²) in [6, 6.07) is 0. The molecule has 0 atom stereocenters. The number of nitrogens with zero attached hydrogens (tertiary/aromatic N) is 1. The van der Waals surface area contributed by atoms with E-state index in [1.165, 1.54) is 5.57 Å². The van der Waals surface area contributed by atoms with Crippen LogP contribution in [0.3, 0.4) is 0 Å². The van der Waals surface area contributed by atoms with E-state index in [2.05, 4.69) is 12.2 Å². The fraction of sp³-hybridized carbons (Fsp3) is 0.773. The Kier molecular flexibility index (Phi) is 4.17. The molecule has 0 aromatic carbocycles. The van der Waals surface area contributed by atoms with Gasteiger partial charge < -0.3 is 19.8 Å². The summed E-state index contributed by atoms with van der Waals surface area (Å²) in [5.41, 5.74) is 1.38. The molecule has 0 aromatic rings. The Labute approximate surface area is 161 Å². The summed E-state index contributed by atoms with van der Waals surface area (Å²) in [6.45, 7) is 0.974. The molecule has 4 saturated carbocycles. The molecule has 0 aromatic heterocycles. The van der Waals surface area contributed by atoms with Crippen LogP contribution in [-0.2, 0) is 9.53 Å². The molecule has 27 heavy (non-hydrogen) atoms. The van der Waals surface area contributed by atoms with Crippen LogP contribution in [0.2, 0.25) is 0 Å². The third kappa shape index (κ3) is 2.61. The fourth-order valence-corrected chi connectivity index (χ4v) is 7.09. The topological polar surface area (TPSA) is 70.0 Å². The van der Waals surface area contributed by atoms with Crippen molar-refractivity contribution in [3.8, 4) is 0 Å². The highest BCUT2D eigenvalue weighted by atomic mass is 16.5. The van der Waals surface area contributed by atoms with E-state index < -0.39 is 0 Å². The van der Waals surface area contributed by atoms with Gasteiger partial charge in [0.2, 0.25) is 5.91 Å². The minimum Gasteiger partial charge on any atom is -0.501 e. The lowest BCUT2D eigenvalue weighted by atomic mass is 9.41. The van der Waals surface area contributed by atoms with E-state index in [-0.39, 0.29) is 23.5 Å². The van der Waals surface area contributed by atoms with Gasteiger partial charge in [0.1, 0.15) is 0 Å². The zero-order valence-electron chi connectivity index (χ0n) is 16.1. The number of carbonyl (C=O) groups is 1. The van der Waals surface area contributed by atoms with Crippen molar-refractivity contribution in [2.24, 2.45) is 29.1 Å². The summed E-state index contributed by atoms with van der Waals surface area (Å²) in [4.78, 5) is 14.9. The van der Waals surface area contributed by atoms with Gasteiger partial charge in [0.25, 0.3) is 0 Å². The number of rotatable bonds is 4. The molecule has 1 aliphatic heterocycles. The minimum absolute atomic E-state index is 0.0550. The van der Waals surface area contributed by atoms with Gasteiger partial charge in [-0.05, 0) is 61.9 Å². The van der Waals surface area contributed by atoms with Crippen LogP contribution in [0.4, 0.5) is 0 Å². The maximum atomic E-state index is 13.1. The molecule has 6 rings (SSSR count). The predicted molar refractivity (Wildman–Crippen MR) is 100 cm³/mol. The molecule has 1 amide bonds. The van der Waals surface area contributed by atoms with E-state index in [0.717, 1.165) is 44.3 Å². The van der Waals surface area contributed by atoms with Crippen molar-refractivity contribution in [2.45, 2.75) is 57.2 Å². The van der Waals surface area contributed by atoms with Gasteiger partial charge in [-0.1, -0.05) is 11.6 Å². The van der Waals surface area contributed by atoms with Gasteiger partial charge >= 0.3 is 0 Å². The maximum Gasteiger partial charge on any atom is 0.223 e. The Morgan fingerprint density at radius 2 is 1.74 bits per heavy atom. The molecule has 1 saturated heterocycles. The summed E-state index contributed by atoms with van der Waals surface area (Å²) in [5.74, 6) is 3.08. The number of methoxy groups -OCH3 is 1. The third-order valence-electron chi connectivity index (χ3n) is 8.40. The second-order valence-electron chi connectivity index (χ2n) is 9.55. The number of carbonyl (C=O) groups excluding carboxylic acids is 1. The number of allylic oxidation sites excluding steroid dienone is 4. The molecule has 1 heterocycles. The van der Waals surface area contributed by atoms with E-state index in [1.54, 1.807) is 7.11 Å². The molecular weight excluding hydrogens is 342 g/mol. The molecule has 5 heteroatoms. The normalized spacial score (nSPS) is 43.2. The van der Waals surface area contributed by atoms with Crippen LogP contribution in [0.5, 0.6) is 0 Å². The molecule has 2 N–H and O–H groups in total. The molecule has 6 aliphatic rings. The van der Waals surface area contributed by atoms with Gasteiger partial charge in [-0.3, -0.25) is 4.79 Å². The van der Waals surface area contributed by atoms with Crippen LogP contribution < -0.4 is 0 Å². The highest BCUT2D eigenvalue weighted by molar-refractivity contribution is 5.78. The third-order valence-corrected chi connectivity index (χ3v) is 8.40. The van der Waals surface area contributed by atoms with Crippen molar-refractivity contribution in [3.63, 3.8) is 0 Å². The van der Waals surface area contributed by atoms with Crippen molar-refractivity contribution < 1.29 is 19.7 Å². The molecule has 5 nitrogen and oxygen atoms in total. The molecule has 0 unspecified atom stereocenters. The summed E-state index contributed by atoms with van der Waals surface area (Å²) in [5, 5.41) is 20.2. The van der Waals surface area contributed by atoms with Crippen LogP contribution in [0.15, 0.2) is 23.5 Å². The first kappa shape index (κ1) is 17.7. The molecule has 5 aliphatic carbocycles. The predicted octanol–water partition coefficient (Wildman–Crippen LogP) is 2.24. The van der Waals surface area contributed by atoms with Gasteiger partial charge in [0.15, 0.2) is 0 Å². The highest BCUT2D eigenvalue weighted by Gasteiger charge is 2.61. The van der Waals surface area contributed by atoms with Gasteiger partial charge in [-0.15, -0.1) is 0 Å². The van der Waals surface area contributed by atoms with Gasteiger partial charge in [-0.25, -0.2) is 0 Å². The van der Waals surface area contributed by atoms with Crippen LogP contribution in [0.1, 0.15) is 44.9 Å². The van der Waals surface area contributed by atoms with Gasteiger partial charge in [-0.2, -0.15) is 0 Å². The first-order chi connectivity index (χ1) is 13.0. The number of hydrogen-bond donors (Lipinski definition) is 2. The van der Waals surface area contributed by atoms with Crippen molar-refractivity contribution in [3.05, 3.63) is 23.5 Å². The molecule has 4 bridgehead atoms. The van der Waals surface area contributed by atoms with Crippen LogP contribution >= 0.6 is 0 Å². The van der Waals surface area contributed by atoms with E-state index in [9.17, 15) is 15.0 Å². The number of aliphatic hydroxyl groups is 2. The summed E-state index contributed by atoms with van der Waals surface area (Å²) < 4.78 is 5.43. The van der Waals surface area contributed by atoms with E-state index in [1.807, 2.05) is 4.90 Å². The Morgan fingerprint density at radius 3 is 2.22 bits per heavy atom. The Hall–Kier alpha value is -1.33. The number of hydrogen-bond acceptors (Lipinski definition) is 4. The lowest BCUT2D eigenvalue weighted by Crippen LogP contribution is -2.61. The molecular formula is C22H31NO4. The maximum absolute atomic E-state index is 13.1. The number of amides is 1. The zero-order valence-corrected chi connectivity index (χ0v) is 16.1. The second-order valence-corrected chi connectivity index (χ2v) is 9.55. The average Bonchev–Trinajstić information content (AvgIpc) is 2.64. The smallest absolute Gasteiger partial charge is 0.223 e. The number of ether oxygens (including phenoxy) is 1. The van der Waals surface area contributed by atoms with Crippen molar-refractivity contribution >= 4 is 5.91 Å². The number of aliphatic hydroxyl groups excluding tert-OH is 2. The van der Waals surface area contributed by atoms with Crippen LogP contribution in [0, 0.1) is 29.1 Å². The van der Waals surface area contributed by atoms with Crippen LogP contribution in [0.25, 0.3) is 0 Å². The summed E-state index contributed by atoms with van der Waals surface area (Å²) in [7, 11) is 1.73. The summed E-state index contributed by atoms with van der Waals surface area (Å²) >= 11 is 0. The summed E-state index contributed by atoms with van der Waals surface area (Å²) in [6.07, 6.45) is 10.5. The molecule has 148 valence electrons. The largest absolute Gasteiger partial charge is 0.501 e. The molecule has 0 radical (unpaired) electrons. The van der Waals surface area contributed by atoms with Gasteiger partial charge in [0.05, 0.1) is 25.1 Å². The molecule has 5 fully saturated rings. The monoisotopic (exact) mass is 373 g/mol. The van der Waals surface area contributed by atoms with E-state index >= 15 is 0 Å². The van der Waals surface area contributed by atoms with E-state index in [0.29, 0.717) is 43.2 Å². The number of β-amino-alcohol motifs (C(OH)–C–C–N with tert-alkyl or cyclic N) is 1. The number of likely N-dealkylation sites (tertiary alicyclic amines) is 1. The first-order valence-corrected chi connectivity index (χ1v) is 10.6. The van der Waals surface area contributed by atoms with Gasteiger partial charge in [0, 0.05) is 31.3 Å². The zero-order chi connectivity index (χ0) is 18.8. The van der Waals surface area contributed by atoms with Crippen molar-refractivity contribution in [1.29, 1.82) is 0 Å². The lowest BCUT2D eigenvalue weighted by Gasteiger charge is -2.64. The van der Waals surface area contributed by atoms with E-state index in [4.69, 9.17) is 4.74 Å². The lowest BCUT2D eigenvalue weighted by molar-refractivity contribution is -0.169. The molecule has 0 spiro atoms. The van der Waals surface area contributed by atoms with Crippen molar-refractivity contribution in [1.82, 2.24) is 4.90 Å². The standard InChI is InChI=1S/C22H31NO4/c1-27-19-4-2-15(3-5-19)22(10-20(25)23-11-18(24)12-23)16-6-13-7-17(22)9-14(8-16)21(13)26/h2,4,13-14,16-18,21,24,26H,3,5-12H2,1H3. The van der Waals surface area contributed by atoms with Crippen molar-refractivity contribution in [2.75, 3.05) is 20.2 Å². The SMILES string of the molecule is COC1=CC=C(C2(CC(=O)N3CC(O)C3)C3CC4CC2CC(C3)C4O)CC1. The average molecular weight is 373 g/mol. The Balaban J connectivity index is 1.48. The van der Waals surface area contributed by atoms with Crippen LogP contribution in [-0.4, -0.2) is 53.4 Å². The minimum atomic E-state index is -0.348. The highest BCUT2D eigenvalue weighted by Crippen LogP contribution is 2.67. The fourth-order valence-electron chi connectivity index (χ4n) is 7.09.